The molecule has 0 heterocycles. The lowest BCUT2D eigenvalue weighted by atomic mass is 10.0. The number of aliphatic carboxylic acids is 2. The quantitative estimate of drug-likeness (QED) is 0.238. The van der Waals surface area contributed by atoms with Crippen LogP contribution < -0.4 is 10.1 Å². The molecule has 1 aromatic carbocycles. The van der Waals surface area contributed by atoms with E-state index in [-0.39, 0.29) is 24.4 Å². The molecule has 31 heavy (non-hydrogen) atoms. The molecule has 0 bridgehead atoms. The number of carboxylic acid groups (broad SMARTS) is 2. The molecule has 2 atom stereocenters. The number of carboxylic acids is 2. The summed E-state index contributed by atoms with van der Waals surface area (Å²) in [5, 5.41) is 31.9. The first kappa shape index (κ1) is 26.6. The molecule has 0 aliphatic heterocycles. The fourth-order valence-electron chi connectivity index (χ4n) is 2.55. The van der Waals surface area contributed by atoms with Crippen molar-refractivity contribution in [3.8, 4) is 5.75 Å². The van der Waals surface area contributed by atoms with Crippen molar-refractivity contribution in [3.63, 3.8) is 0 Å². The topological polar surface area (TPSA) is 135 Å². The van der Waals surface area contributed by atoms with Crippen LogP contribution >= 0.6 is 0 Å². The number of ether oxygens (including phenoxy) is 3. The third-order valence-electron chi connectivity index (χ3n) is 4.05. The van der Waals surface area contributed by atoms with E-state index >= 15 is 0 Å². The highest BCUT2D eigenvalue weighted by Gasteiger charge is 2.31. The summed E-state index contributed by atoms with van der Waals surface area (Å²) in [4.78, 5) is 22.7. The van der Waals surface area contributed by atoms with Gasteiger partial charge in [-0.05, 0) is 31.5 Å². The summed E-state index contributed by atoms with van der Waals surface area (Å²) in [5.74, 6) is -2.63. The standard InChI is InChI=1S/C22H33NO8/c1-14(2)23-12-19(24)21(18(22(27)28)11-20(25)26)31-17-7-5-16(6-8-17)13-29-9-10-30-15(3)4/h5-8,11,14-15,19,21,23-24H,9-10,12-13H2,1-4H3,(H,25,26)(H,27,28)/b18-11+. The minimum atomic E-state index is -1.48. The van der Waals surface area contributed by atoms with Gasteiger partial charge in [-0.3, -0.25) is 0 Å². The summed E-state index contributed by atoms with van der Waals surface area (Å²) in [6.07, 6.45) is -1.99. The van der Waals surface area contributed by atoms with E-state index < -0.39 is 29.7 Å². The van der Waals surface area contributed by atoms with E-state index in [1.165, 1.54) is 0 Å². The van der Waals surface area contributed by atoms with Gasteiger partial charge in [0.05, 0.1) is 31.5 Å². The Kier molecular flexibility index (Phi) is 11.8. The third-order valence-corrected chi connectivity index (χ3v) is 4.05. The molecule has 0 spiro atoms. The van der Waals surface area contributed by atoms with Gasteiger partial charge in [0.25, 0.3) is 0 Å². The number of hydrogen-bond donors (Lipinski definition) is 4. The van der Waals surface area contributed by atoms with E-state index in [1.54, 1.807) is 24.3 Å². The zero-order valence-corrected chi connectivity index (χ0v) is 18.4. The van der Waals surface area contributed by atoms with Crippen molar-refractivity contribution in [2.75, 3.05) is 19.8 Å². The molecule has 4 N–H and O–H groups in total. The van der Waals surface area contributed by atoms with E-state index in [4.69, 9.17) is 19.3 Å². The molecule has 0 aromatic heterocycles. The average Bonchev–Trinajstić information content (AvgIpc) is 2.69. The highest BCUT2D eigenvalue weighted by atomic mass is 16.5. The largest absolute Gasteiger partial charge is 0.483 e. The Balaban J connectivity index is 2.86. The Hall–Kier alpha value is -2.46. The number of benzene rings is 1. The van der Waals surface area contributed by atoms with Crippen LogP contribution in [-0.2, 0) is 25.7 Å². The third kappa shape index (κ3) is 10.9. The Morgan fingerprint density at radius 1 is 1.06 bits per heavy atom. The van der Waals surface area contributed by atoms with Crippen LogP contribution in [0.15, 0.2) is 35.9 Å². The number of aliphatic hydroxyl groups is 1. The summed E-state index contributed by atoms with van der Waals surface area (Å²) < 4.78 is 16.6. The highest BCUT2D eigenvalue weighted by molar-refractivity contribution is 5.95. The molecule has 0 fully saturated rings. The molecule has 1 aromatic rings. The maximum atomic E-state index is 11.6. The molecular formula is C22H33NO8. The van der Waals surface area contributed by atoms with Gasteiger partial charge in [0.15, 0.2) is 6.10 Å². The van der Waals surface area contributed by atoms with E-state index in [9.17, 15) is 19.8 Å². The van der Waals surface area contributed by atoms with Crippen molar-refractivity contribution in [1.82, 2.24) is 5.32 Å². The lowest BCUT2D eigenvalue weighted by Crippen LogP contribution is -2.44. The zero-order valence-electron chi connectivity index (χ0n) is 18.4. The second-order valence-corrected chi connectivity index (χ2v) is 7.53. The van der Waals surface area contributed by atoms with Crippen LogP contribution in [-0.4, -0.2) is 71.4 Å². The molecular weight excluding hydrogens is 406 g/mol. The maximum Gasteiger partial charge on any atom is 0.335 e. The van der Waals surface area contributed by atoms with Gasteiger partial charge in [-0.2, -0.15) is 0 Å². The summed E-state index contributed by atoms with van der Waals surface area (Å²) in [7, 11) is 0. The molecule has 9 nitrogen and oxygen atoms in total. The van der Waals surface area contributed by atoms with Crippen LogP contribution in [0.5, 0.6) is 5.75 Å². The van der Waals surface area contributed by atoms with Crippen molar-refractivity contribution in [1.29, 1.82) is 0 Å². The first-order valence-corrected chi connectivity index (χ1v) is 10.1. The van der Waals surface area contributed by atoms with Gasteiger partial charge in [0.2, 0.25) is 0 Å². The van der Waals surface area contributed by atoms with E-state index in [2.05, 4.69) is 5.32 Å². The van der Waals surface area contributed by atoms with Crippen molar-refractivity contribution in [3.05, 3.63) is 41.5 Å². The fourth-order valence-corrected chi connectivity index (χ4v) is 2.55. The fraction of sp³-hybridized carbons (Fsp3) is 0.545. The lowest BCUT2D eigenvalue weighted by molar-refractivity contribution is -0.136. The molecule has 0 saturated carbocycles. The average molecular weight is 440 g/mol. The summed E-state index contributed by atoms with van der Waals surface area (Å²) in [5.41, 5.74) is 0.318. The molecule has 0 saturated heterocycles. The smallest absolute Gasteiger partial charge is 0.335 e. The van der Waals surface area contributed by atoms with Gasteiger partial charge in [-0.15, -0.1) is 0 Å². The molecule has 0 aliphatic rings. The molecule has 9 heteroatoms. The molecule has 0 amide bonds. The van der Waals surface area contributed by atoms with E-state index in [0.717, 1.165) is 5.56 Å². The summed E-state index contributed by atoms with van der Waals surface area (Å²) in [6.45, 7) is 8.97. The van der Waals surface area contributed by atoms with Crippen LogP contribution in [0.3, 0.4) is 0 Å². The van der Waals surface area contributed by atoms with Gasteiger partial charge in [-0.1, -0.05) is 26.0 Å². The number of carbonyl (C=O) groups is 2. The second kappa shape index (κ2) is 13.8. The Labute approximate surface area is 182 Å². The van der Waals surface area contributed by atoms with E-state index in [1.807, 2.05) is 27.7 Å². The molecule has 1 rings (SSSR count). The van der Waals surface area contributed by atoms with Crippen LogP contribution in [0.4, 0.5) is 0 Å². The van der Waals surface area contributed by atoms with Crippen molar-refractivity contribution in [2.45, 2.75) is 58.7 Å². The van der Waals surface area contributed by atoms with Gasteiger partial charge < -0.3 is 34.8 Å². The van der Waals surface area contributed by atoms with Gasteiger partial charge in [0, 0.05) is 18.7 Å². The first-order valence-electron chi connectivity index (χ1n) is 10.1. The maximum absolute atomic E-state index is 11.6. The van der Waals surface area contributed by atoms with Crippen LogP contribution in [0.25, 0.3) is 0 Å². The minimum absolute atomic E-state index is 0.0247. The number of rotatable bonds is 15. The van der Waals surface area contributed by atoms with Crippen molar-refractivity contribution >= 4 is 11.9 Å². The number of aliphatic hydroxyl groups excluding tert-OH is 1. The SMILES string of the molecule is CC(C)NCC(O)C(Oc1ccc(COCCOC(C)C)cc1)/C(=C\C(=O)O)C(=O)O. The van der Waals surface area contributed by atoms with Gasteiger partial charge in [0.1, 0.15) is 11.9 Å². The lowest BCUT2D eigenvalue weighted by Gasteiger charge is -2.25. The van der Waals surface area contributed by atoms with Gasteiger partial charge in [-0.25, -0.2) is 9.59 Å². The molecule has 0 aliphatic carbocycles. The van der Waals surface area contributed by atoms with Crippen LogP contribution in [0.1, 0.15) is 33.3 Å². The summed E-state index contributed by atoms with van der Waals surface area (Å²) >= 11 is 0. The van der Waals surface area contributed by atoms with Crippen molar-refractivity contribution in [2.24, 2.45) is 0 Å². The van der Waals surface area contributed by atoms with Crippen molar-refractivity contribution < 1.29 is 39.1 Å². The Morgan fingerprint density at radius 2 is 1.71 bits per heavy atom. The minimum Gasteiger partial charge on any atom is -0.483 e. The normalized spacial score (nSPS) is 14.0. The second-order valence-electron chi connectivity index (χ2n) is 7.53. The van der Waals surface area contributed by atoms with Gasteiger partial charge >= 0.3 is 11.9 Å². The van der Waals surface area contributed by atoms with E-state index in [0.29, 0.717) is 25.9 Å². The predicted octanol–water partition coefficient (Wildman–Crippen LogP) is 1.83. The number of hydrogen-bond acceptors (Lipinski definition) is 7. The predicted molar refractivity (Wildman–Crippen MR) is 114 cm³/mol. The van der Waals surface area contributed by atoms with Crippen LogP contribution in [0.2, 0.25) is 0 Å². The molecule has 2 unspecified atom stereocenters. The van der Waals surface area contributed by atoms with Crippen LogP contribution in [0, 0.1) is 0 Å². The first-order chi connectivity index (χ1) is 14.6. The monoisotopic (exact) mass is 439 g/mol. The Morgan fingerprint density at radius 3 is 2.23 bits per heavy atom. The summed E-state index contributed by atoms with van der Waals surface area (Å²) in [6, 6.07) is 6.75. The molecule has 174 valence electrons. The molecule has 0 radical (unpaired) electrons. The zero-order chi connectivity index (χ0) is 23.4. The Bertz CT molecular complexity index is 715. The highest BCUT2D eigenvalue weighted by Crippen LogP contribution is 2.20. The number of nitrogens with one attached hydrogen (secondary N) is 1.